The summed E-state index contributed by atoms with van der Waals surface area (Å²) in [4.78, 5) is 32.4. The van der Waals surface area contributed by atoms with Crippen molar-refractivity contribution in [1.82, 2.24) is 29.4 Å². The van der Waals surface area contributed by atoms with E-state index in [1.165, 1.54) is 11.3 Å². The van der Waals surface area contributed by atoms with Crippen molar-refractivity contribution < 1.29 is 9.53 Å². The average molecular weight is 606 g/mol. The van der Waals surface area contributed by atoms with Crippen molar-refractivity contribution in [1.29, 1.82) is 5.26 Å². The van der Waals surface area contributed by atoms with Crippen LogP contribution in [-0.4, -0.2) is 101 Å². The van der Waals surface area contributed by atoms with Crippen molar-refractivity contribution in [3.05, 3.63) is 40.4 Å². The summed E-state index contributed by atoms with van der Waals surface area (Å²) < 4.78 is 7.30. The highest BCUT2D eigenvalue weighted by atomic mass is 32.1. The fourth-order valence-corrected chi connectivity index (χ4v) is 7.33. The van der Waals surface area contributed by atoms with E-state index in [2.05, 4.69) is 22.8 Å². The predicted molar refractivity (Wildman–Crippen MR) is 166 cm³/mol. The third kappa shape index (κ3) is 5.47. The van der Waals surface area contributed by atoms with Gasteiger partial charge >= 0.3 is 0 Å². The van der Waals surface area contributed by atoms with E-state index >= 15 is 0 Å². The summed E-state index contributed by atoms with van der Waals surface area (Å²) in [6, 6.07) is 10.7. The lowest BCUT2D eigenvalue weighted by Crippen LogP contribution is -2.47. The first-order valence-corrected chi connectivity index (χ1v) is 15.9. The van der Waals surface area contributed by atoms with Gasteiger partial charge in [-0.05, 0) is 26.8 Å². The molecule has 0 unspecified atom stereocenters. The number of thiazole rings is 1. The molecule has 0 saturated carbocycles. The number of morpholine rings is 1. The molecule has 0 spiro atoms. The largest absolute Gasteiger partial charge is 0.378 e. The van der Waals surface area contributed by atoms with E-state index in [9.17, 15) is 10.1 Å². The first-order chi connectivity index (χ1) is 20.4. The molecular formula is C29H35N9O2S2. The third-order valence-corrected chi connectivity index (χ3v) is 10.0. The molecule has 2 fully saturated rings. The number of likely N-dealkylation sites (N-methyl/N-ethyl adjacent to an activating group) is 1. The van der Waals surface area contributed by atoms with E-state index in [4.69, 9.17) is 19.8 Å². The molecule has 220 valence electrons. The third-order valence-electron chi connectivity index (χ3n) is 8.03. The van der Waals surface area contributed by atoms with Gasteiger partial charge in [0.05, 0.1) is 25.5 Å². The van der Waals surface area contributed by atoms with Crippen LogP contribution in [0.3, 0.4) is 0 Å². The van der Waals surface area contributed by atoms with Gasteiger partial charge < -0.3 is 19.4 Å². The van der Waals surface area contributed by atoms with Gasteiger partial charge in [-0.1, -0.05) is 59.4 Å². The second-order valence-electron chi connectivity index (χ2n) is 10.8. The minimum absolute atomic E-state index is 0.166. The van der Waals surface area contributed by atoms with Crippen LogP contribution in [0.15, 0.2) is 24.3 Å². The summed E-state index contributed by atoms with van der Waals surface area (Å²) >= 11 is 2.96. The maximum absolute atomic E-state index is 12.8. The number of nitriles is 1. The standard InChI is InChI=1S/C29H35N9O2S2/c1-5-22-26(35(4)27-32-25(23(16-30)41-27)20-8-6-19(2)7-9-20)38-28(31-22)42-29(33-38)37-11-10-21(17-37)34(3)18-24(39)36-12-14-40-15-13-36/h6-9,21H,5,10-15,17-18H2,1-4H3/t21-/m1/s1. The van der Waals surface area contributed by atoms with Crippen LogP contribution in [-0.2, 0) is 16.0 Å². The fraction of sp³-hybridized carbons (Fsp3) is 0.483. The lowest BCUT2D eigenvalue weighted by atomic mass is 10.1. The van der Waals surface area contributed by atoms with E-state index in [-0.39, 0.29) is 11.9 Å². The Bertz CT molecular complexity index is 1610. The number of amides is 1. The monoisotopic (exact) mass is 605 g/mol. The van der Waals surface area contributed by atoms with Crippen molar-refractivity contribution in [2.45, 2.75) is 32.7 Å². The number of hydrogen-bond acceptors (Lipinski definition) is 11. The Morgan fingerprint density at radius 1 is 1.14 bits per heavy atom. The second-order valence-corrected chi connectivity index (χ2v) is 12.7. The second kappa shape index (κ2) is 12.0. The maximum atomic E-state index is 12.8. The van der Waals surface area contributed by atoms with Crippen LogP contribution >= 0.6 is 22.7 Å². The van der Waals surface area contributed by atoms with Gasteiger partial charge in [-0.25, -0.2) is 9.97 Å². The summed E-state index contributed by atoms with van der Waals surface area (Å²) in [6.07, 6.45) is 1.72. The van der Waals surface area contributed by atoms with E-state index in [0.717, 1.165) is 63.8 Å². The Labute approximate surface area is 253 Å². The lowest BCUT2D eigenvalue weighted by Gasteiger charge is -2.30. The van der Waals surface area contributed by atoms with Gasteiger partial charge in [0.2, 0.25) is 16.0 Å². The summed E-state index contributed by atoms with van der Waals surface area (Å²) in [5.41, 5.74) is 3.73. The highest BCUT2D eigenvalue weighted by Crippen LogP contribution is 2.38. The first-order valence-electron chi connectivity index (χ1n) is 14.3. The van der Waals surface area contributed by atoms with E-state index in [1.54, 1.807) is 11.3 Å². The number of benzene rings is 1. The molecule has 1 atom stereocenters. The van der Waals surface area contributed by atoms with Gasteiger partial charge in [-0.3, -0.25) is 9.69 Å². The number of aryl methyl sites for hydroxylation is 2. The van der Waals surface area contributed by atoms with Crippen LogP contribution in [0.25, 0.3) is 16.2 Å². The maximum Gasteiger partial charge on any atom is 0.236 e. The highest BCUT2D eigenvalue weighted by Gasteiger charge is 2.31. The number of hydrogen-bond donors (Lipinski definition) is 0. The average Bonchev–Trinajstić information content (AvgIpc) is 3.80. The van der Waals surface area contributed by atoms with Crippen molar-refractivity contribution in [3.63, 3.8) is 0 Å². The number of nitrogens with zero attached hydrogens (tertiary/aromatic N) is 9. The number of ether oxygens (including phenoxy) is 1. The number of imidazole rings is 1. The quantitative estimate of drug-likeness (QED) is 0.297. The van der Waals surface area contributed by atoms with Crippen LogP contribution in [0.5, 0.6) is 0 Å². The Morgan fingerprint density at radius 3 is 2.62 bits per heavy atom. The van der Waals surface area contributed by atoms with E-state index in [1.807, 2.05) is 59.6 Å². The van der Waals surface area contributed by atoms with Crippen molar-refractivity contribution in [2.24, 2.45) is 0 Å². The molecule has 42 heavy (non-hydrogen) atoms. The zero-order valence-corrected chi connectivity index (χ0v) is 26.0. The molecule has 11 nitrogen and oxygen atoms in total. The molecule has 6 rings (SSSR count). The molecule has 2 aliphatic rings. The summed E-state index contributed by atoms with van der Waals surface area (Å²) in [6.45, 7) is 8.81. The molecule has 0 bridgehead atoms. The molecule has 2 saturated heterocycles. The number of carbonyl (C=O) groups is 1. The summed E-state index contributed by atoms with van der Waals surface area (Å²) in [7, 11) is 4.00. The van der Waals surface area contributed by atoms with Crippen LogP contribution in [0.4, 0.5) is 16.1 Å². The van der Waals surface area contributed by atoms with Gasteiger partial charge in [-0.2, -0.15) is 9.78 Å². The Hall–Kier alpha value is -3.57. The van der Waals surface area contributed by atoms with Gasteiger partial charge in [0.1, 0.15) is 16.6 Å². The van der Waals surface area contributed by atoms with Crippen molar-refractivity contribution in [2.75, 3.05) is 69.8 Å². The molecule has 13 heteroatoms. The van der Waals surface area contributed by atoms with Crippen LogP contribution in [0.2, 0.25) is 0 Å². The highest BCUT2D eigenvalue weighted by molar-refractivity contribution is 7.20. The number of aromatic nitrogens is 4. The summed E-state index contributed by atoms with van der Waals surface area (Å²) in [5.74, 6) is 1.03. The van der Waals surface area contributed by atoms with Gasteiger partial charge in [0, 0.05) is 44.8 Å². The van der Waals surface area contributed by atoms with Crippen LogP contribution in [0, 0.1) is 18.3 Å². The molecule has 1 amide bonds. The molecule has 2 aliphatic heterocycles. The fourth-order valence-electron chi connectivity index (χ4n) is 5.53. The van der Waals surface area contributed by atoms with Crippen molar-refractivity contribution in [3.8, 4) is 17.3 Å². The predicted octanol–water partition coefficient (Wildman–Crippen LogP) is 3.79. The molecule has 4 aromatic rings. The molecule has 0 aliphatic carbocycles. The molecule has 3 aromatic heterocycles. The van der Waals surface area contributed by atoms with Crippen molar-refractivity contribution >= 4 is 49.6 Å². The Kier molecular flexibility index (Phi) is 8.13. The molecule has 0 N–H and O–H groups in total. The van der Waals surface area contributed by atoms with Crippen LogP contribution in [0.1, 0.15) is 29.5 Å². The normalized spacial score (nSPS) is 17.4. The number of carbonyl (C=O) groups excluding carboxylic acids is 1. The first kappa shape index (κ1) is 28.5. The van der Waals surface area contributed by atoms with Gasteiger partial charge in [-0.15, -0.1) is 5.10 Å². The minimum atomic E-state index is 0.166. The zero-order valence-electron chi connectivity index (χ0n) is 24.4. The van der Waals surface area contributed by atoms with Crippen LogP contribution < -0.4 is 9.80 Å². The summed E-state index contributed by atoms with van der Waals surface area (Å²) in [5, 5.41) is 16.5. The molecule has 0 radical (unpaired) electrons. The topological polar surface area (TPSA) is 106 Å². The van der Waals surface area contributed by atoms with E-state index in [0.29, 0.717) is 43.4 Å². The SMILES string of the molecule is CCc1nc2sc(N3CC[C@@H](N(C)CC(=O)N4CCOCC4)C3)nn2c1N(C)c1nc(-c2ccc(C)cc2)c(C#N)s1. The zero-order chi connectivity index (χ0) is 29.4. The minimum Gasteiger partial charge on any atom is -0.378 e. The van der Waals surface area contributed by atoms with Gasteiger partial charge in [0.15, 0.2) is 10.9 Å². The number of fused-ring (bicyclic) bond motifs is 1. The molecule has 1 aromatic carbocycles. The Balaban J connectivity index is 1.21. The lowest BCUT2D eigenvalue weighted by molar-refractivity contribution is -0.136. The molecular weight excluding hydrogens is 571 g/mol. The number of anilines is 3. The van der Waals surface area contributed by atoms with E-state index < -0.39 is 0 Å². The number of rotatable bonds is 8. The smallest absolute Gasteiger partial charge is 0.236 e. The molecule has 5 heterocycles. The van der Waals surface area contributed by atoms with Gasteiger partial charge in [0.25, 0.3) is 0 Å². The Morgan fingerprint density at radius 2 is 1.90 bits per heavy atom.